The minimum absolute atomic E-state index is 0.0634. The maximum atomic E-state index is 12.3. The average Bonchev–Trinajstić information content (AvgIpc) is 2.73. The van der Waals surface area contributed by atoms with Gasteiger partial charge in [-0.05, 0) is 55.8 Å². The summed E-state index contributed by atoms with van der Waals surface area (Å²) < 4.78 is 0. The van der Waals surface area contributed by atoms with E-state index in [9.17, 15) is 14.9 Å². The lowest BCUT2D eigenvalue weighted by Gasteiger charge is -2.32. The molecule has 148 valence electrons. The Morgan fingerprint density at radius 3 is 2.68 bits per heavy atom. The molecule has 2 aromatic rings. The van der Waals surface area contributed by atoms with E-state index in [2.05, 4.69) is 40.7 Å². The lowest BCUT2D eigenvalue weighted by Crippen LogP contribution is -2.38. The van der Waals surface area contributed by atoms with Crippen LogP contribution in [0.3, 0.4) is 0 Å². The van der Waals surface area contributed by atoms with Crippen LogP contribution in [0.25, 0.3) is 0 Å². The lowest BCUT2D eigenvalue weighted by molar-refractivity contribution is -0.384. The van der Waals surface area contributed by atoms with Gasteiger partial charge in [-0.1, -0.05) is 24.3 Å². The van der Waals surface area contributed by atoms with Crippen molar-refractivity contribution in [1.29, 1.82) is 0 Å². The topological polar surface area (TPSA) is 75.5 Å². The van der Waals surface area contributed by atoms with Gasteiger partial charge in [-0.2, -0.15) is 0 Å². The molecule has 0 radical (unpaired) electrons. The minimum atomic E-state index is -0.484. The van der Waals surface area contributed by atoms with Crippen LogP contribution in [0.15, 0.2) is 53.4 Å². The van der Waals surface area contributed by atoms with E-state index in [-0.39, 0.29) is 11.6 Å². The molecule has 1 aliphatic rings. The molecule has 1 N–H and O–H groups in total. The fourth-order valence-corrected chi connectivity index (χ4v) is 4.13. The molecule has 1 aliphatic heterocycles. The maximum absolute atomic E-state index is 12.3. The molecule has 0 spiro atoms. The molecule has 0 unspecified atom stereocenters. The number of rotatable bonds is 7. The fraction of sp³-hybridized carbons (Fsp3) is 0.381. The molecule has 0 saturated carbocycles. The number of nitro groups is 1. The van der Waals surface area contributed by atoms with E-state index < -0.39 is 4.92 Å². The van der Waals surface area contributed by atoms with Crippen molar-refractivity contribution in [3.8, 4) is 0 Å². The third kappa shape index (κ3) is 5.33. The summed E-state index contributed by atoms with van der Waals surface area (Å²) in [7, 11) is 0. The molecule has 0 aromatic heterocycles. The highest BCUT2D eigenvalue weighted by Crippen LogP contribution is 2.24. The molecular weight excluding hydrogens is 374 g/mol. The second kappa shape index (κ2) is 9.71. The normalized spacial score (nSPS) is 15.3. The van der Waals surface area contributed by atoms with Crippen molar-refractivity contribution in [3.63, 3.8) is 0 Å². The standard InChI is InChI=1S/C21H25N3O3S/c1-28-20-8-3-2-5-18(20)15-23-11-9-16(10-12-23)14-22-21(25)17-6-4-7-19(13-17)24(26)27/h2-8,13,16H,9-12,14-15H2,1H3,(H,22,25). The molecule has 2 aromatic carbocycles. The van der Waals surface area contributed by atoms with E-state index in [0.29, 0.717) is 18.0 Å². The number of likely N-dealkylation sites (tertiary alicyclic amines) is 1. The summed E-state index contributed by atoms with van der Waals surface area (Å²) in [6.07, 6.45) is 4.18. The van der Waals surface area contributed by atoms with Crippen molar-refractivity contribution in [2.24, 2.45) is 5.92 Å². The van der Waals surface area contributed by atoms with E-state index in [1.807, 2.05) is 0 Å². The second-order valence-electron chi connectivity index (χ2n) is 7.05. The Bertz CT molecular complexity index is 835. The predicted octanol–water partition coefficient (Wildman–Crippen LogP) is 3.96. The number of piperidine rings is 1. The van der Waals surface area contributed by atoms with E-state index in [1.54, 1.807) is 17.8 Å². The molecule has 0 aliphatic carbocycles. The van der Waals surface area contributed by atoms with E-state index in [0.717, 1.165) is 32.5 Å². The number of thioether (sulfide) groups is 1. The van der Waals surface area contributed by atoms with Crippen LogP contribution < -0.4 is 5.32 Å². The summed E-state index contributed by atoms with van der Waals surface area (Å²) in [5.41, 5.74) is 1.64. The summed E-state index contributed by atoms with van der Waals surface area (Å²) in [5.74, 6) is 0.190. The Kier molecular flexibility index (Phi) is 7.06. The number of hydrogen-bond donors (Lipinski definition) is 1. The number of hydrogen-bond acceptors (Lipinski definition) is 5. The van der Waals surface area contributed by atoms with Gasteiger partial charge in [0.1, 0.15) is 0 Å². The zero-order chi connectivity index (χ0) is 19.9. The quantitative estimate of drug-likeness (QED) is 0.433. The van der Waals surface area contributed by atoms with Crippen LogP contribution in [-0.4, -0.2) is 41.6 Å². The molecule has 7 heteroatoms. The van der Waals surface area contributed by atoms with E-state index in [4.69, 9.17) is 0 Å². The third-order valence-corrected chi connectivity index (χ3v) is 6.00. The van der Waals surface area contributed by atoms with Crippen molar-refractivity contribution >= 4 is 23.4 Å². The van der Waals surface area contributed by atoms with Gasteiger partial charge >= 0.3 is 0 Å². The first-order valence-electron chi connectivity index (χ1n) is 9.43. The molecular formula is C21H25N3O3S. The van der Waals surface area contributed by atoms with Gasteiger partial charge in [0.05, 0.1) is 4.92 Å². The van der Waals surface area contributed by atoms with Gasteiger partial charge in [-0.3, -0.25) is 19.8 Å². The number of non-ortho nitro benzene ring substituents is 1. The van der Waals surface area contributed by atoms with Crippen LogP contribution >= 0.6 is 11.8 Å². The van der Waals surface area contributed by atoms with E-state index in [1.165, 1.54) is 28.7 Å². The number of benzene rings is 2. The summed E-state index contributed by atoms with van der Waals surface area (Å²) in [6.45, 7) is 3.60. The molecule has 1 heterocycles. The SMILES string of the molecule is CSc1ccccc1CN1CCC(CNC(=O)c2cccc([N+](=O)[O-])c2)CC1. The van der Waals surface area contributed by atoms with Gasteiger partial charge < -0.3 is 5.32 Å². The smallest absolute Gasteiger partial charge is 0.270 e. The van der Waals surface area contributed by atoms with Gasteiger partial charge in [-0.25, -0.2) is 0 Å². The summed E-state index contributed by atoms with van der Waals surface area (Å²) in [6, 6.07) is 14.4. The predicted molar refractivity (Wildman–Crippen MR) is 112 cm³/mol. The van der Waals surface area contributed by atoms with Crippen LogP contribution in [0.1, 0.15) is 28.8 Å². The number of nitrogens with zero attached hydrogens (tertiary/aromatic N) is 2. The van der Waals surface area contributed by atoms with Crippen molar-refractivity contribution in [1.82, 2.24) is 10.2 Å². The first kappa shape index (κ1) is 20.4. The summed E-state index contributed by atoms with van der Waals surface area (Å²) in [5, 5.41) is 13.8. The number of nitrogens with one attached hydrogen (secondary N) is 1. The van der Waals surface area contributed by atoms with Crippen molar-refractivity contribution in [2.45, 2.75) is 24.3 Å². The van der Waals surface area contributed by atoms with Gasteiger partial charge in [0.15, 0.2) is 0 Å². The zero-order valence-electron chi connectivity index (χ0n) is 16.0. The molecule has 1 fully saturated rings. The largest absolute Gasteiger partial charge is 0.352 e. The molecule has 0 atom stereocenters. The number of amides is 1. The highest BCUT2D eigenvalue weighted by Gasteiger charge is 2.21. The van der Waals surface area contributed by atoms with Gasteiger partial charge in [0.25, 0.3) is 11.6 Å². The van der Waals surface area contributed by atoms with Crippen molar-refractivity contribution in [2.75, 3.05) is 25.9 Å². The molecule has 0 bridgehead atoms. The first-order chi connectivity index (χ1) is 13.6. The number of carbonyl (C=O) groups is 1. The Labute approximate surface area is 169 Å². The molecule has 1 saturated heterocycles. The average molecular weight is 400 g/mol. The van der Waals surface area contributed by atoms with Crippen molar-refractivity contribution in [3.05, 3.63) is 69.8 Å². The van der Waals surface area contributed by atoms with E-state index >= 15 is 0 Å². The Balaban J connectivity index is 1.46. The highest BCUT2D eigenvalue weighted by molar-refractivity contribution is 7.98. The first-order valence-corrected chi connectivity index (χ1v) is 10.7. The van der Waals surface area contributed by atoms with Crippen LogP contribution in [0.5, 0.6) is 0 Å². The molecule has 1 amide bonds. The minimum Gasteiger partial charge on any atom is -0.352 e. The Morgan fingerprint density at radius 1 is 1.21 bits per heavy atom. The summed E-state index contributed by atoms with van der Waals surface area (Å²) in [4.78, 5) is 26.5. The zero-order valence-corrected chi connectivity index (χ0v) is 16.8. The van der Waals surface area contributed by atoms with Gasteiger partial charge in [-0.15, -0.1) is 11.8 Å². The Hall–Kier alpha value is -2.38. The van der Waals surface area contributed by atoms with Gasteiger partial charge in [0.2, 0.25) is 0 Å². The van der Waals surface area contributed by atoms with Crippen LogP contribution in [0.2, 0.25) is 0 Å². The van der Waals surface area contributed by atoms with Gasteiger partial charge in [0, 0.05) is 35.7 Å². The third-order valence-electron chi connectivity index (χ3n) is 5.16. The lowest BCUT2D eigenvalue weighted by atomic mass is 9.96. The van der Waals surface area contributed by atoms with Crippen LogP contribution in [0, 0.1) is 16.0 Å². The number of nitro benzene ring substituents is 1. The fourth-order valence-electron chi connectivity index (χ4n) is 3.52. The Morgan fingerprint density at radius 2 is 1.96 bits per heavy atom. The molecule has 3 rings (SSSR count). The maximum Gasteiger partial charge on any atom is 0.270 e. The monoisotopic (exact) mass is 399 g/mol. The molecule has 6 nitrogen and oxygen atoms in total. The van der Waals surface area contributed by atoms with Crippen LogP contribution in [0.4, 0.5) is 5.69 Å². The van der Waals surface area contributed by atoms with Crippen molar-refractivity contribution < 1.29 is 9.72 Å². The second-order valence-corrected chi connectivity index (χ2v) is 7.90. The van der Waals surface area contributed by atoms with Crippen LogP contribution in [-0.2, 0) is 6.54 Å². The summed E-state index contributed by atoms with van der Waals surface area (Å²) >= 11 is 1.78. The molecule has 28 heavy (non-hydrogen) atoms. The number of carbonyl (C=O) groups excluding carboxylic acids is 1. The highest BCUT2D eigenvalue weighted by atomic mass is 32.2.